The molecular formula is C30H36Si. The SMILES string of the molecule is CCC1=C(c2ccccc2)C=C(C)C1[Si](C)(C)C1C(C)=CC(c2ccccc2)=C1CC. The molecule has 0 N–H and O–H groups in total. The van der Waals surface area contributed by atoms with Crippen molar-refractivity contribution in [3.05, 3.63) is 106 Å². The highest BCUT2D eigenvalue weighted by molar-refractivity contribution is 6.83. The van der Waals surface area contributed by atoms with E-state index in [-0.39, 0.29) is 0 Å². The summed E-state index contributed by atoms with van der Waals surface area (Å²) in [5.74, 6) is 0. The minimum absolute atomic E-state index is 0.609. The van der Waals surface area contributed by atoms with E-state index in [0.29, 0.717) is 11.1 Å². The molecule has 0 aromatic heterocycles. The molecule has 0 fully saturated rings. The smallest absolute Gasteiger partial charge is 0.0682 e. The number of rotatable bonds is 6. The molecule has 2 atom stereocenters. The first-order chi connectivity index (χ1) is 14.9. The Bertz CT molecular complexity index is 990. The minimum Gasteiger partial charge on any atom is -0.0682 e. The summed E-state index contributed by atoms with van der Waals surface area (Å²) in [6.07, 6.45) is 7.25. The van der Waals surface area contributed by atoms with Crippen LogP contribution in [0.1, 0.15) is 51.7 Å². The van der Waals surface area contributed by atoms with Crippen molar-refractivity contribution in [2.24, 2.45) is 0 Å². The van der Waals surface area contributed by atoms with Crippen molar-refractivity contribution in [3.8, 4) is 0 Å². The summed E-state index contributed by atoms with van der Waals surface area (Å²) >= 11 is 0. The lowest BCUT2D eigenvalue weighted by molar-refractivity contribution is 0.913. The van der Waals surface area contributed by atoms with E-state index < -0.39 is 8.07 Å². The largest absolute Gasteiger partial charge is 0.0713 e. The summed E-state index contributed by atoms with van der Waals surface area (Å²) in [4.78, 5) is 0. The summed E-state index contributed by atoms with van der Waals surface area (Å²) in [5.41, 5.74) is 13.4. The van der Waals surface area contributed by atoms with Gasteiger partial charge in [-0.3, -0.25) is 0 Å². The molecular weight excluding hydrogens is 388 g/mol. The fourth-order valence-electron chi connectivity index (χ4n) is 6.47. The number of benzene rings is 2. The van der Waals surface area contributed by atoms with Gasteiger partial charge < -0.3 is 0 Å². The zero-order chi connectivity index (χ0) is 22.2. The Balaban J connectivity index is 1.81. The predicted molar refractivity (Wildman–Crippen MR) is 140 cm³/mol. The lowest BCUT2D eigenvalue weighted by Crippen LogP contribution is -2.40. The average molecular weight is 425 g/mol. The van der Waals surface area contributed by atoms with E-state index in [9.17, 15) is 0 Å². The average Bonchev–Trinajstić information content (AvgIpc) is 3.32. The molecule has 160 valence electrons. The van der Waals surface area contributed by atoms with Gasteiger partial charge in [0.25, 0.3) is 0 Å². The summed E-state index contributed by atoms with van der Waals surface area (Å²) in [7, 11) is -1.73. The molecule has 2 aliphatic carbocycles. The van der Waals surface area contributed by atoms with Gasteiger partial charge in [-0.2, -0.15) is 0 Å². The van der Waals surface area contributed by atoms with Crippen molar-refractivity contribution in [1.82, 2.24) is 0 Å². The van der Waals surface area contributed by atoms with Gasteiger partial charge in [0.05, 0.1) is 8.07 Å². The molecule has 1 heteroatoms. The molecule has 0 heterocycles. The first-order valence-corrected chi connectivity index (χ1v) is 15.0. The molecule has 0 aliphatic heterocycles. The van der Waals surface area contributed by atoms with Crippen LogP contribution in [0.2, 0.25) is 24.2 Å². The van der Waals surface area contributed by atoms with Gasteiger partial charge in [-0.25, -0.2) is 0 Å². The quantitative estimate of drug-likeness (QED) is 0.406. The van der Waals surface area contributed by atoms with Crippen LogP contribution in [-0.2, 0) is 0 Å². The lowest BCUT2D eigenvalue weighted by atomic mass is 10.0. The fourth-order valence-corrected chi connectivity index (χ4v) is 11.8. The molecule has 2 unspecified atom stereocenters. The van der Waals surface area contributed by atoms with Crippen LogP contribution >= 0.6 is 0 Å². The van der Waals surface area contributed by atoms with E-state index in [2.05, 4.69) is 114 Å². The highest BCUT2D eigenvalue weighted by Gasteiger charge is 2.47. The van der Waals surface area contributed by atoms with Crippen molar-refractivity contribution in [2.45, 2.75) is 64.7 Å². The lowest BCUT2D eigenvalue weighted by Gasteiger charge is -2.41. The van der Waals surface area contributed by atoms with Gasteiger partial charge in [0, 0.05) is 0 Å². The van der Waals surface area contributed by atoms with Crippen LogP contribution in [-0.4, -0.2) is 8.07 Å². The van der Waals surface area contributed by atoms with Crippen LogP contribution in [0.25, 0.3) is 11.1 Å². The molecule has 2 aromatic carbocycles. The first kappa shape index (κ1) is 21.8. The number of hydrogen-bond donors (Lipinski definition) is 0. The van der Waals surface area contributed by atoms with Gasteiger partial charge >= 0.3 is 0 Å². The molecule has 31 heavy (non-hydrogen) atoms. The summed E-state index contributed by atoms with van der Waals surface area (Å²) in [6, 6.07) is 22.0. The third-order valence-electron chi connectivity index (χ3n) is 7.46. The van der Waals surface area contributed by atoms with Gasteiger partial charge in [-0.15, -0.1) is 0 Å². The molecule has 0 nitrogen and oxygen atoms in total. The normalized spacial score (nSPS) is 21.6. The summed E-state index contributed by atoms with van der Waals surface area (Å²) < 4.78 is 0. The van der Waals surface area contributed by atoms with Crippen LogP contribution in [0.15, 0.2) is 95.1 Å². The van der Waals surface area contributed by atoms with Crippen LogP contribution in [0.5, 0.6) is 0 Å². The highest BCUT2D eigenvalue weighted by Crippen LogP contribution is 2.57. The molecule has 0 saturated heterocycles. The van der Waals surface area contributed by atoms with Crippen molar-refractivity contribution in [2.75, 3.05) is 0 Å². The van der Waals surface area contributed by atoms with Crippen molar-refractivity contribution in [1.29, 1.82) is 0 Å². The topological polar surface area (TPSA) is 0 Å². The second-order valence-corrected chi connectivity index (χ2v) is 14.6. The van der Waals surface area contributed by atoms with E-state index in [1.165, 1.54) is 22.3 Å². The highest BCUT2D eigenvalue weighted by atomic mass is 28.3. The third kappa shape index (κ3) is 3.74. The van der Waals surface area contributed by atoms with E-state index in [0.717, 1.165) is 12.8 Å². The second-order valence-electron chi connectivity index (χ2n) is 9.78. The number of allylic oxidation sites excluding steroid dienone is 8. The standard InChI is InChI=1S/C30H36Si/c1-7-25-27(23-15-11-9-12-16-23)19-21(3)29(25)31(5,6)30-22(4)20-28(26(30)8-2)24-17-13-10-14-18-24/h9-20,29-30H,7-8H2,1-6H3. The maximum Gasteiger partial charge on any atom is 0.0713 e. The van der Waals surface area contributed by atoms with Crippen LogP contribution in [0.4, 0.5) is 0 Å². The Hall–Kier alpha value is -2.38. The molecule has 0 spiro atoms. The van der Waals surface area contributed by atoms with Gasteiger partial charge in [0.1, 0.15) is 0 Å². The van der Waals surface area contributed by atoms with E-state index >= 15 is 0 Å². The zero-order valence-electron chi connectivity index (χ0n) is 20.0. The van der Waals surface area contributed by atoms with E-state index in [1.54, 1.807) is 22.3 Å². The van der Waals surface area contributed by atoms with Crippen molar-refractivity contribution < 1.29 is 0 Å². The minimum atomic E-state index is -1.73. The van der Waals surface area contributed by atoms with E-state index in [4.69, 9.17) is 0 Å². The Morgan fingerprint density at radius 3 is 1.29 bits per heavy atom. The van der Waals surface area contributed by atoms with Gasteiger partial charge in [0.2, 0.25) is 0 Å². The van der Waals surface area contributed by atoms with Crippen molar-refractivity contribution in [3.63, 3.8) is 0 Å². The first-order valence-electron chi connectivity index (χ1n) is 11.8. The Morgan fingerprint density at radius 2 is 0.968 bits per heavy atom. The molecule has 4 rings (SSSR count). The third-order valence-corrected chi connectivity index (χ3v) is 12.0. The van der Waals surface area contributed by atoms with Gasteiger partial charge in [0.15, 0.2) is 0 Å². The van der Waals surface area contributed by atoms with Crippen molar-refractivity contribution >= 4 is 19.2 Å². The van der Waals surface area contributed by atoms with Crippen LogP contribution < -0.4 is 0 Å². The molecule has 2 aliphatic rings. The zero-order valence-corrected chi connectivity index (χ0v) is 21.0. The van der Waals surface area contributed by atoms with Crippen LogP contribution in [0.3, 0.4) is 0 Å². The molecule has 0 radical (unpaired) electrons. The maximum absolute atomic E-state index is 2.64. The molecule has 2 aromatic rings. The molecule has 0 saturated carbocycles. The molecule has 0 bridgehead atoms. The summed E-state index contributed by atoms with van der Waals surface area (Å²) in [6.45, 7) is 14.8. The molecule has 0 amide bonds. The summed E-state index contributed by atoms with van der Waals surface area (Å²) in [5, 5.41) is 0. The maximum atomic E-state index is 2.64. The monoisotopic (exact) mass is 424 g/mol. The second kappa shape index (κ2) is 8.63. The Kier molecular flexibility index (Phi) is 6.08. The van der Waals surface area contributed by atoms with Gasteiger partial charge in [-0.1, -0.05) is 122 Å². The predicted octanol–water partition coefficient (Wildman–Crippen LogP) is 9.08. The Morgan fingerprint density at radius 1 is 0.613 bits per heavy atom. The Labute approximate surface area is 190 Å². The number of hydrogen-bond acceptors (Lipinski definition) is 0. The van der Waals surface area contributed by atoms with Crippen LogP contribution in [0, 0.1) is 0 Å². The van der Waals surface area contributed by atoms with E-state index in [1.807, 2.05) is 0 Å². The van der Waals surface area contributed by atoms with Gasteiger partial charge in [-0.05, 0) is 60.0 Å². The fraction of sp³-hybridized carbons (Fsp3) is 0.333.